The number of aromatic nitrogens is 1. The minimum absolute atomic E-state index is 0.0238. The average Bonchev–Trinajstić information content (AvgIpc) is 2.69. The van der Waals surface area contributed by atoms with Crippen LogP contribution in [0.25, 0.3) is 0 Å². The summed E-state index contributed by atoms with van der Waals surface area (Å²) in [5.41, 5.74) is 0.838. The highest BCUT2D eigenvalue weighted by Crippen LogP contribution is 2.28. The van der Waals surface area contributed by atoms with Crippen LogP contribution in [0.4, 0.5) is 8.78 Å². The summed E-state index contributed by atoms with van der Waals surface area (Å²) >= 11 is 0. The summed E-state index contributed by atoms with van der Waals surface area (Å²) in [4.78, 5) is 4.08. The van der Waals surface area contributed by atoms with E-state index in [1.54, 1.807) is 6.07 Å². The van der Waals surface area contributed by atoms with Crippen LogP contribution in [-0.4, -0.2) is 11.5 Å². The Bertz CT molecular complexity index is 323. The lowest BCUT2D eigenvalue weighted by molar-refractivity contribution is 0.0171. The molecule has 1 N–H and O–H groups in total. The van der Waals surface area contributed by atoms with Gasteiger partial charge >= 0.3 is 0 Å². The maximum atomic E-state index is 12.9. The number of hydrogen-bond acceptors (Lipinski definition) is 2. The van der Waals surface area contributed by atoms with Crippen LogP contribution in [-0.2, 0) is 5.92 Å². The number of nitrogens with zero attached hydrogens (tertiary/aromatic N) is 1. The van der Waals surface area contributed by atoms with Crippen LogP contribution in [0.1, 0.15) is 37.1 Å². The minimum Gasteiger partial charge on any atom is -0.309 e. The van der Waals surface area contributed by atoms with Gasteiger partial charge in [-0.05, 0) is 31.5 Å². The van der Waals surface area contributed by atoms with Gasteiger partial charge in [0.05, 0.1) is 5.69 Å². The molecular weight excluding hydrogens is 198 g/mol. The first-order valence-electron chi connectivity index (χ1n) is 5.15. The molecule has 0 amide bonds. The molecule has 2 rings (SSSR count). The Morgan fingerprint density at radius 2 is 2.27 bits per heavy atom. The fourth-order valence-corrected chi connectivity index (χ4v) is 1.81. The fourth-order valence-electron chi connectivity index (χ4n) is 1.81. The molecular formula is C11H14F2N2. The summed E-state index contributed by atoms with van der Waals surface area (Å²) in [5.74, 6) is -2.80. The molecule has 4 heteroatoms. The van der Waals surface area contributed by atoms with Gasteiger partial charge in [0.15, 0.2) is 0 Å². The standard InChI is InChI=1S/C11H14F2N2/c1-11(12,13)8-4-5-10(15-7-8)9-3-2-6-14-9/h4-5,7,9,14H,2-3,6H2,1H3. The van der Waals surface area contributed by atoms with Crippen molar-refractivity contribution < 1.29 is 8.78 Å². The van der Waals surface area contributed by atoms with Crippen LogP contribution in [0.15, 0.2) is 18.3 Å². The van der Waals surface area contributed by atoms with E-state index in [0.29, 0.717) is 0 Å². The second-order valence-corrected chi connectivity index (χ2v) is 4.01. The van der Waals surface area contributed by atoms with E-state index in [0.717, 1.165) is 32.0 Å². The summed E-state index contributed by atoms with van der Waals surface area (Å²) in [7, 11) is 0. The average molecular weight is 212 g/mol. The van der Waals surface area contributed by atoms with Crippen molar-refractivity contribution in [3.05, 3.63) is 29.6 Å². The van der Waals surface area contributed by atoms with E-state index < -0.39 is 5.92 Å². The summed E-state index contributed by atoms with van der Waals surface area (Å²) in [6.07, 6.45) is 3.43. The monoisotopic (exact) mass is 212 g/mol. The van der Waals surface area contributed by atoms with E-state index in [1.165, 1.54) is 12.3 Å². The molecule has 0 aliphatic carbocycles. The summed E-state index contributed by atoms with van der Waals surface area (Å²) in [6, 6.07) is 3.39. The van der Waals surface area contributed by atoms with Gasteiger partial charge < -0.3 is 5.32 Å². The van der Waals surface area contributed by atoms with Gasteiger partial charge in [0.25, 0.3) is 5.92 Å². The van der Waals surface area contributed by atoms with Crippen molar-refractivity contribution in [2.45, 2.75) is 31.7 Å². The number of rotatable bonds is 2. The molecule has 0 saturated carbocycles. The third-order valence-electron chi connectivity index (χ3n) is 2.71. The maximum absolute atomic E-state index is 12.9. The van der Waals surface area contributed by atoms with Gasteiger partial charge in [0.1, 0.15) is 0 Å². The number of nitrogens with one attached hydrogen (secondary N) is 1. The molecule has 2 heterocycles. The molecule has 0 spiro atoms. The van der Waals surface area contributed by atoms with Gasteiger partial charge in [-0.1, -0.05) is 0 Å². The van der Waals surface area contributed by atoms with E-state index in [2.05, 4.69) is 10.3 Å². The summed E-state index contributed by atoms with van der Waals surface area (Å²) in [5, 5.41) is 3.28. The second-order valence-electron chi connectivity index (χ2n) is 4.01. The van der Waals surface area contributed by atoms with Gasteiger partial charge in [-0.3, -0.25) is 4.98 Å². The van der Waals surface area contributed by atoms with Crippen LogP contribution in [0.3, 0.4) is 0 Å². The Balaban J connectivity index is 2.16. The van der Waals surface area contributed by atoms with Crippen molar-refractivity contribution in [3.63, 3.8) is 0 Å². The molecule has 1 aliphatic heterocycles. The summed E-state index contributed by atoms with van der Waals surface area (Å²) in [6.45, 7) is 1.87. The van der Waals surface area contributed by atoms with Crippen LogP contribution >= 0.6 is 0 Å². The first-order valence-corrected chi connectivity index (χ1v) is 5.15. The topological polar surface area (TPSA) is 24.9 Å². The number of halogens is 2. The minimum atomic E-state index is -2.80. The number of pyridine rings is 1. The third kappa shape index (κ3) is 2.31. The van der Waals surface area contributed by atoms with Gasteiger partial charge in [0, 0.05) is 24.7 Å². The lowest BCUT2D eigenvalue weighted by Gasteiger charge is -2.13. The lowest BCUT2D eigenvalue weighted by atomic mass is 10.1. The normalized spacial score (nSPS) is 21.9. The Kier molecular flexibility index (Phi) is 2.69. The van der Waals surface area contributed by atoms with Crippen LogP contribution < -0.4 is 5.32 Å². The molecule has 0 radical (unpaired) electrons. The van der Waals surface area contributed by atoms with E-state index in [9.17, 15) is 8.78 Å². The van der Waals surface area contributed by atoms with Crippen molar-refractivity contribution in [3.8, 4) is 0 Å². The quantitative estimate of drug-likeness (QED) is 0.815. The Hall–Kier alpha value is -1.03. The van der Waals surface area contributed by atoms with Crippen molar-refractivity contribution in [2.75, 3.05) is 6.54 Å². The summed E-state index contributed by atoms with van der Waals surface area (Å²) < 4.78 is 25.8. The molecule has 1 aliphatic rings. The SMILES string of the molecule is CC(F)(F)c1ccc(C2CCCN2)nc1. The Labute approximate surface area is 87.7 Å². The van der Waals surface area contributed by atoms with Gasteiger partial charge in [-0.2, -0.15) is 0 Å². The van der Waals surface area contributed by atoms with Crippen LogP contribution in [0, 0.1) is 0 Å². The molecule has 1 unspecified atom stereocenters. The first kappa shape index (κ1) is 10.5. The zero-order valence-electron chi connectivity index (χ0n) is 8.63. The lowest BCUT2D eigenvalue weighted by Crippen LogP contribution is -2.15. The molecule has 82 valence electrons. The molecule has 2 nitrogen and oxygen atoms in total. The predicted molar refractivity (Wildman–Crippen MR) is 53.8 cm³/mol. The highest BCUT2D eigenvalue weighted by molar-refractivity contribution is 5.20. The zero-order chi connectivity index (χ0) is 10.9. The van der Waals surface area contributed by atoms with Crippen LogP contribution in [0.5, 0.6) is 0 Å². The van der Waals surface area contributed by atoms with E-state index in [1.807, 2.05) is 0 Å². The molecule has 1 aromatic rings. The van der Waals surface area contributed by atoms with Crippen molar-refractivity contribution in [2.24, 2.45) is 0 Å². The molecule has 1 fully saturated rings. The van der Waals surface area contributed by atoms with Crippen molar-refractivity contribution in [1.29, 1.82) is 0 Å². The maximum Gasteiger partial charge on any atom is 0.272 e. The molecule has 1 aromatic heterocycles. The highest BCUT2D eigenvalue weighted by Gasteiger charge is 2.25. The molecule has 0 bridgehead atoms. The largest absolute Gasteiger partial charge is 0.309 e. The first-order chi connectivity index (χ1) is 7.07. The van der Waals surface area contributed by atoms with Crippen LogP contribution in [0.2, 0.25) is 0 Å². The fraction of sp³-hybridized carbons (Fsp3) is 0.545. The number of hydrogen-bond donors (Lipinski definition) is 1. The van der Waals surface area contributed by atoms with E-state index in [-0.39, 0.29) is 11.6 Å². The molecule has 0 aromatic carbocycles. The second kappa shape index (κ2) is 3.85. The highest BCUT2D eigenvalue weighted by atomic mass is 19.3. The van der Waals surface area contributed by atoms with Crippen molar-refractivity contribution >= 4 is 0 Å². The van der Waals surface area contributed by atoms with E-state index in [4.69, 9.17) is 0 Å². The smallest absolute Gasteiger partial charge is 0.272 e. The Morgan fingerprint density at radius 3 is 2.73 bits per heavy atom. The molecule has 1 saturated heterocycles. The number of alkyl halides is 2. The van der Waals surface area contributed by atoms with Gasteiger partial charge in [-0.25, -0.2) is 8.78 Å². The Morgan fingerprint density at radius 1 is 1.47 bits per heavy atom. The zero-order valence-corrected chi connectivity index (χ0v) is 8.63. The predicted octanol–water partition coefficient (Wildman–Crippen LogP) is 2.62. The van der Waals surface area contributed by atoms with Crippen molar-refractivity contribution in [1.82, 2.24) is 10.3 Å². The molecule has 1 atom stereocenters. The third-order valence-corrected chi connectivity index (χ3v) is 2.71. The molecule has 15 heavy (non-hydrogen) atoms. The van der Waals surface area contributed by atoms with Gasteiger partial charge in [0.2, 0.25) is 0 Å². The van der Waals surface area contributed by atoms with E-state index >= 15 is 0 Å². The van der Waals surface area contributed by atoms with Gasteiger partial charge in [-0.15, -0.1) is 0 Å².